The highest BCUT2D eigenvalue weighted by molar-refractivity contribution is 14.0. The Hall–Kier alpha value is -1.57. The number of hydrogen-bond acceptors (Lipinski definition) is 2. The van der Waals surface area contributed by atoms with Gasteiger partial charge in [-0.2, -0.15) is 5.10 Å². The van der Waals surface area contributed by atoms with Gasteiger partial charge in [-0.3, -0.25) is 9.67 Å². The molecule has 27 heavy (non-hydrogen) atoms. The third kappa shape index (κ3) is 5.96. The molecule has 2 heterocycles. The lowest BCUT2D eigenvalue weighted by atomic mass is 9.86. The van der Waals surface area contributed by atoms with Gasteiger partial charge in [0.1, 0.15) is 0 Å². The average Bonchev–Trinajstić information content (AvgIpc) is 3.25. The molecule has 2 aromatic rings. The van der Waals surface area contributed by atoms with Crippen molar-refractivity contribution < 1.29 is 0 Å². The minimum Gasteiger partial charge on any atom is -0.356 e. The predicted molar refractivity (Wildman–Crippen MR) is 123 cm³/mol. The van der Waals surface area contributed by atoms with E-state index in [1.165, 1.54) is 11.1 Å². The Labute approximate surface area is 180 Å². The van der Waals surface area contributed by atoms with Crippen LogP contribution in [-0.4, -0.2) is 47.3 Å². The van der Waals surface area contributed by atoms with Crippen molar-refractivity contribution in [1.29, 1.82) is 0 Å². The largest absolute Gasteiger partial charge is 0.356 e. The Kier molecular flexibility index (Phi) is 7.70. The molecule has 1 N–H and O–H groups in total. The number of benzene rings is 1. The van der Waals surface area contributed by atoms with Crippen LogP contribution in [0.15, 0.2) is 47.7 Å². The lowest BCUT2D eigenvalue weighted by molar-refractivity contribution is 0.350. The number of hydrogen-bond donors (Lipinski definition) is 1. The molecule has 0 amide bonds. The summed E-state index contributed by atoms with van der Waals surface area (Å²) in [4.78, 5) is 6.90. The quantitative estimate of drug-likeness (QED) is 0.403. The first kappa shape index (κ1) is 21.7. The van der Waals surface area contributed by atoms with Crippen molar-refractivity contribution in [2.24, 2.45) is 17.5 Å². The fourth-order valence-corrected chi connectivity index (χ4v) is 3.74. The van der Waals surface area contributed by atoms with Crippen LogP contribution in [0.3, 0.4) is 0 Å². The number of guanidine groups is 1. The first-order chi connectivity index (χ1) is 12.5. The van der Waals surface area contributed by atoms with Gasteiger partial charge in [0, 0.05) is 45.8 Å². The molecule has 1 aromatic heterocycles. The van der Waals surface area contributed by atoms with Gasteiger partial charge < -0.3 is 10.2 Å². The van der Waals surface area contributed by atoms with Crippen molar-refractivity contribution in [2.75, 3.05) is 26.7 Å². The first-order valence-corrected chi connectivity index (χ1v) is 9.45. The molecule has 1 unspecified atom stereocenters. The lowest BCUT2D eigenvalue weighted by Gasteiger charge is -2.29. The molecule has 6 heteroatoms. The number of aryl methyl sites for hydroxylation is 1. The van der Waals surface area contributed by atoms with Crippen molar-refractivity contribution in [1.82, 2.24) is 20.0 Å². The zero-order valence-corrected chi connectivity index (χ0v) is 19.2. The summed E-state index contributed by atoms with van der Waals surface area (Å²) in [6, 6.07) is 10.7. The number of aromatic nitrogens is 2. The minimum absolute atomic E-state index is 0. The standard InChI is InChI=1S/C21H31N5.HI/c1-21(2,12-17-8-6-5-7-9-17)16-23-20(22-3)26-11-10-18(15-26)19-13-24-25(4)14-19;/h5-9,13-14,18H,10-12,15-16H2,1-4H3,(H,22,23);1H. The van der Waals surface area contributed by atoms with Gasteiger partial charge in [0.05, 0.1) is 6.20 Å². The smallest absolute Gasteiger partial charge is 0.193 e. The monoisotopic (exact) mass is 481 g/mol. The molecule has 1 atom stereocenters. The van der Waals surface area contributed by atoms with E-state index in [0.717, 1.165) is 38.4 Å². The molecule has 1 aliphatic rings. The molecule has 3 rings (SSSR count). The van der Waals surface area contributed by atoms with Crippen LogP contribution in [0, 0.1) is 5.41 Å². The van der Waals surface area contributed by atoms with E-state index in [2.05, 4.69) is 70.7 Å². The highest BCUT2D eigenvalue weighted by Gasteiger charge is 2.28. The topological polar surface area (TPSA) is 45.5 Å². The van der Waals surface area contributed by atoms with Crippen LogP contribution < -0.4 is 5.32 Å². The van der Waals surface area contributed by atoms with Crippen LogP contribution in [0.1, 0.15) is 37.3 Å². The van der Waals surface area contributed by atoms with Gasteiger partial charge in [-0.05, 0) is 29.4 Å². The zero-order valence-electron chi connectivity index (χ0n) is 16.9. The van der Waals surface area contributed by atoms with Crippen LogP contribution in [0.5, 0.6) is 0 Å². The number of halogens is 1. The molecule has 5 nitrogen and oxygen atoms in total. The van der Waals surface area contributed by atoms with E-state index in [1.807, 2.05) is 25.0 Å². The van der Waals surface area contributed by atoms with Gasteiger partial charge in [0.2, 0.25) is 0 Å². The second kappa shape index (κ2) is 9.57. The summed E-state index contributed by atoms with van der Waals surface area (Å²) in [6.45, 7) is 7.57. The van der Waals surface area contributed by atoms with Gasteiger partial charge in [-0.15, -0.1) is 24.0 Å². The molecular formula is C21H32IN5. The third-order valence-corrected chi connectivity index (χ3v) is 5.15. The van der Waals surface area contributed by atoms with Crippen molar-refractivity contribution in [3.8, 4) is 0 Å². The molecule has 0 radical (unpaired) electrons. The zero-order chi connectivity index (χ0) is 18.6. The molecule has 0 saturated carbocycles. The van der Waals surface area contributed by atoms with E-state index in [1.54, 1.807) is 0 Å². The Morgan fingerprint density at radius 3 is 2.67 bits per heavy atom. The summed E-state index contributed by atoms with van der Waals surface area (Å²) in [5.41, 5.74) is 2.88. The summed E-state index contributed by atoms with van der Waals surface area (Å²) in [7, 11) is 3.86. The average molecular weight is 481 g/mol. The molecule has 0 spiro atoms. The Morgan fingerprint density at radius 2 is 2.04 bits per heavy atom. The number of nitrogens with zero attached hydrogens (tertiary/aromatic N) is 4. The van der Waals surface area contributed by atoms with Crippen molar-refractivity contribution in [3.63, 3.8) is 0 Å². The minimum atomic E-state index is 0. The Balaban J connectivity index is 0.00000261. The number of rotatable bonds is 5. The Bertz CT molecular complexity index is 738. The van der Waals surface area contributed by atoms with E-state index < -0.39 is 0 Å². The van der Waals surface area contributed by atoms with E-state index in [9.17, 15) is 0 Å². The second-order valence-corrected chi connectivity index (χ2v) is 8.11. The maximum absolute atomic E-state index is 4.52. The fourth-order valence-electron chi connectivity index (χ4n) is 3.74. The lowest BCUT2D eigenvalue weighted by Crippen LogP contribution is -2.44. The molecular weight excluding hydrogens is 449 g/mol. The van der Waals surface area contributed by atoms with Crippen LogP contribution in [-0.2, 0) is 13.5 Å². The first-order valence-electron chi connectivity index (χ1n) is 9.45. The molecule has 1 fully saturated rings. The molecule has 0 aliphatic carbocycles. The summed E-state index contributed by atoms with van der Waals surface area (Å²) < 4.78 is 1.89. The Morgan fingerprint density at radius 1 is 1.30 bits per heavy atom. The number of nitrogens with one attached hydrogen (secondary N) is 1. The van der Waals surface area contributed by atoms with Gasteiger partial charge in [-0.1, -0.05) is 44.2 Å². The molecule has 1 aliphatic heterocycles. The molecule has 148 valence electrons. The predicted octanol–water partition coefficient (Wildman–Crippen LogP) is 3.67. The maximum Gasteiger partial charge on any atom is 0.193 e. The van der Waals surface area contributed by atoms with E-state index in [4.69, 9.17) is 0 Å². The SMILES string of the molecule is CN=C(NCC(C)(C)Cc1ccccc1)N1CCC(c2cnn(C)c2)C1.I. The number of likely N-dealkylation sites (tertiary alicyclic amines) is 1. The molecule has 0 bridgehead atoms. The highest BCUT2D eigenvalue weighted by Crippen LogP contribution is 2.27. The van der Waals surface area contributed by atoms with E-state index >= 15 is 0 Å². The van der Waals surface area contributed by atoms with Crippen LogP contribution in [0.4, 0.5) is 0 Å². The van der Waals surface area contributed by atoms with Crippen LogP contribution >= 0.6 is 24.0 Å². The summed E-state index contributed by atoms with van der Waals surface area (Å²) in [5, 5.41) is 7.92. The molecule has 1 aromatic carbocycles. The van der Waals surface area contributed by atoms with Gasteiger partial charge in [-0.25, -0.2) is 0 Å². The summed E-state index contributed by atoms with van der Waals surface area (Å²) >= 11 is 0. The van der Waals surface area contributed by atoms with Crippen LogP contribution in [0.25, 0.3) is 0 Å². The second-order valence-electron chi connectivity index (χ2n) is 8.11. The normalized spacial score (nSPS) is 17.7. The van der Waals surface area contributed by atoms with Gasteiger partial charge in [0.25, 0.3) is 0 Å². The summed E-state index contributed by atoms with van der Waals surface area (Å²) in [6.07, 6.45) is 6.33. The van der Waals surface area contributed by atoms with E-state index in [-0.39, 0.29) is 29.4 Å². The van der Waals surface area contributed by atoms with Crippen LogP contribution in [0.2, 0.25) is 0 Å². The maximum atomic E-state index is 4.52. The van der Waals surface area contributed by atoms with Gasteiger partial charge >= 0.3 is 0 Å². The molecule has 1 saturated heterocycles. The fraction of sp³-hybridized carbons (Fsp3) is 0.524. The third-order valence-electron chi connectivity index (χ3n) is 5.15. The van der Waals surface area contributed by atoms with Crippen molar-refractivity contribution in [2.45, 2.75) is 32.6 Å². The number of aliphatic imine (C=N–C) groups is 1. The highest BCUT2D eigenvalue weighted by atomic mass is 127. The van der Waals surface area contributed by atoms with E-state index in [0.29, 0.717) is 5.92 Å². The van der Waals surface area contributed by atoms with Crippen molar-refractivity contribution in [3.05, 3.63) is 53.9 Å². The summed E-state index contributed by atoms with van der Waals surface area (Å²) in [5.74, 6) is 1.55. The van der Waals surface area contributed by atoms with Gasteiger partial charge in [0.15, 0.2) is 5.96 Å². The van der Waals surface area contributed by atoms with Crippen molar-refractivity contribution >= 4 is 29.9 Å².